The first-order valence-corrected chi connectivity index (χ1v) is 14.1. The van der Waals surface area contributed by atoms with Gasteiger partial charge in [0, 0.05) is 18.5 Å². The minimum atomic E-state index is -1.24. The number of aliphatic hydroxyl groups is 1. The molecular weight excluding hydrogens is 510 g/mol. The van der Waals surface area contributed by atoms with Crippen LogP contribution in [0, 0.1) is 5.92 Å². The van der Waals surface area contributed by atoms with Crippen LogP contribution in [0.1, 0.15) is 80.9 Å². The quantitative estimate of drug-likeness (QED) is 0.391. The molecule has 40 heavy (non-hydrogen) atoms. The first kappa shape index (κ1) is 27.8. The molecule has 1 aromatic heterocycles. The van der Waals surface area contributed by atoms with Crippen LogP contribution in [0.4, 0.5) is 0 Å². The molecule has 3 N–H and O–H groups in total. The first-order chi connectivity index (χ1) is 19.1. The maximum absolute atomic E-state index is 14.1. The van der Waals surface area contributed by atoms with Crippen molar-refractivity contribution < 1.29 is 24.6 Å². The zero-order valence-electron chi connectivity index (χ0n) is 23.0. The second kappa shape index (κ2) is 11.4. The number of carbonyl (C=O) groups is 3. The number of nitrogens with one attached hydrogen (secondary N) is 1. The molecule has 3 atom stereocenters. The van der Waals surface area contributed by atoms with Crippen molar-refractivity contribution in [1.82, 2.24) is 25.2 Å². The minimum absolute atomic E-state index is 0.0925. The highest BCUT2D eigenvalue weighted by atomic mass is 16.4. The molecule has 2 heterocycles. The van der Waals surface area contributed by atoms with Gasteiger partial charge in [0.25, 0.3) is 5.91 Å². The molecular formula is C30H37N5O5. The highest BCUT2D eigenvalue weighted by Crippen LogP contribution is 2.33. The molecule has 1 saturated carbocycles. The summed E-state index contributed by atoms with van der Waals surface area (Å²) in [4.78, 5) is 41.2. The Balaban J connectivity index is 1.41. The van der Waals surface area contributed by atoms with Gasteiger partial charge in [-0.15, -0.1) is 5.10 Å². The van der Waals surface area contributed by atoms with Crippen molar-refractivity contribution in [2.45, 2.75) is 82.5 Å². The second-order valence-corrected chi connectivity index (χ2v) is 11.7. The van der Waals surface area contributed by atoms with Gasteiger partial charge in [-0.25, -0.2) is 9.48 Å². The van der Waals surface area contributed by atoms with Gasteiger partial charge in [0.05, 0.1) is 17.9 Å². The van der Waals surface area contributed by atoms with E-state index in [1.165, 1.54) is 15.8 Å². The molecule has 1 aliphatic heterocycles. The minimum Gasteiger partial charge on any atom is -0.480 e. The van der Waals surface area contributed by atoms with Crippen LogP contribution in [0.5, 0.6) is 0 Å². The molecule has 2 aliphatic rings. The standard InChI is InChI=1S/C30H37N5O5/c1-30(2,40)26-17-31-33-35(26)23-16-25(29(38)39)34(18-23)28(37)24(14-19-8-4-3-5-9-19)32-27(36)22-13-12-20-10-6-7-11-21(20)15-22/h6-7,10-13,15,17,19,23-25,40H,3-5,8-9,14,16,18H2,1-2H3,(H,32,36)(H,38,39)/t23-,24+,25-/m0/s1. The highest BCUT2D eigenvalue weighted by Gasteiger charge is 2.44. The number of aliphatic carboxylic acids is 1. The van der Waals surface area contributed by atoms with Crippen molar-refractivity contribution in [2.24, 2.45) is 5.92 Å². The Morgan fingerprint density at radius 3 is 2.50 bits per heavy atom. The van der Waals surface area contributed by atoms with Crippen molar-refractivity contribution in [1.29, 1.82) is 0 Å². The van der Waals surface area contributed by atoms with E-state index >= 15 is 0 Å². The lowest BCUT2D eigenvalue weighted by Crippen LogP contribution is -2.52. The third-order valence-electron chi connectivity index (χ3n) is 8.30. The molecule has 10 nitrogen and oxygen atoms in total. The summed E-state index contributed by atoms with van der Waals surface area (Å²) in [7, 11) is 0. The van der Waals surface area contributed by atoms with E-state index in [9.17, 15) is 24.6 Å². The number of carboxylic acid groups (broad SMARTS) is 1. The van der Waals surface area contributed by atoms with E-state index in [1.807, 2.05) is 36.4 Å². The largest absolute Gasteiger partial charge is 0.480 e. The van der Waals surface area contributed by atoms with Crippen molar-refractivity contribution in [2.75, 3.05) is 6.54 Å². The topological polar surface area (TPSA) is 138 Å². The fourth-order valence-electron chi connectivity index (χ4n) is 6.17. The lowest BCUT2D eigenvalue weighted by atomic mass is 9.84. The van der Waals surface area contributed by atoms with Crippen molar-refractivity contribution >= 4 is 28.6 Å². The van der Waals surface area contributed by atoms with E-state index in [0.717, 1.165) is 42.9 Å². The zero-order valence-corrected chi connectivity index (χ0v) is 23.0. The number of aromatic nitrogens is 3. The molecule has 212 valence electrons. The molecule has 0 spiro atoms. The van der Waals surface area contributed by atoms with Gasteiger partial charge in [-0.3, -0.25) is 9.59 Å². The Morgan fingerprint density at radius 1 is 1.07 bits per heavy atom. The van der Waals surface area contributed by atoms with E-state index in [1.54, 1.807) is 19.9 Å². The fourth-order valence-corrected chi connectivity index (χ4v) is 6.17. The summed E-state index contributed by atoms with van der Waals surface area (Å²) in [6.45, 7) is 3.31. The molecule has 1 saturated heterocycles. The summed E-state index contributed by atoms with van der Waals surface area (Å²) in [5.41, 5.74) is -0.345. The van der Waals surface area contributed by atoms with Gasteiger partial charge in [0.2, 0.25) is 5.91 Å². The number of carboxylic acids is 1. The third kappa shape index (κ3) is 5.86. The van der Waals surface area contributed by atoms with Crippen LogP contribution in [0.3, 0.4) is 0 Å². The normalized spacial score (nSPS) is 20.9. The van der Waals surface area contributed by atoms with Gasteiger partial charge in [-0.05, 0) is 49.1 Å². The number of rotatable bonds is 8. The SMILES string of the molecule is CC(C)(O)c1cnnn1[C@H]1C[C@@H](C(=O)O)N(C(=O)[C@@H](CC2CCCCC2)NC(=O)c2ccc3ccccc3c2)C1. The number of nitrogens with zero attached hydrogens (tertiary/aromatic N) is 4. The maximum Gasteiger partial charge on any atom is 0.326 e. The zero-order chi connectivity index (χ0) is 28.4. The average Bonchev–Trinajstić information content (AvgIpc) is 3.60. The maximum atomic E-state index is 14.1. The summed E-state index contributed by atoms with van der Waals surface area (Å²) in [5.74, 6) is -1.60. The average molecular weight is 548 g/mol. The smallest absolute Gasteiger partial charge is 0.326 e. The number of likely N-dealkylation sites (tertiary alicyclic amines) is 1. The predicted octanol–water partition coefficient (Wildman–Crippen LogP) is 3.65. The molecule has 10 heteroatoms. The number of carbonyl (C=O) groups excluding carboxylic acids is 2. The van der Waals surface area contributed by atoms with Crippen LogP contribution in [0.2, 0.25) is 0 Å². The van der Waals surface area contributed by atoms with Gasteiger partial charge in [-0.1, -0.05) is 67.6 Å². The van der Waals surface area contributed by atoms with Crippen molar-refractivity contribution in [3.63, 3.8) is 0 Å². The molecule has 5 rings (SSSR count). The molecule has 0 bridgehead atoms. The summed E-state index contributed by atoms with van der Waals surface area (Å²) >= 11 is 0. The molecule has 3 aromatic rings. The molecule has 0 unspecified atom stereocenters. The Morgan fingerprint density at radius 2 is 1.80 bits per heavy atom. The van der Waals surface area contributed by atoms with Gasteiger partial charge in [0.1, 0.15) is 17.7 Å². The Bertz CT molecular complexity index is 1390. The number of benzene rings is 2. The fraction of sp³-hybridized carbons (Fsp3) is 0.500. The molecule has 2 amide bonds. The van der Waals surface area contributed by atoms with Crippen LogP contribution in [0.15, 0.2) is 48.7 Å². The van der Waals surface area contributed by atoms with Crippen LogP contribution in [-0.2, 0) is 15.2 Å². The van der Waals surface area contributed by atoms with Crippen molar-refractivity contribution in [3.8, 4) is 0 Å². The van der Waals surface area contributed by atoms with Crippen LogP contribution < -0.4 is 5.32 Å². The van der Waals surface area contributed by atoms with Gasteiger partial charge in [0.15, 0.2) is 0 Å². The summed E-state index contributed by atoms with van der Waals surface area (Å²) in [6, 6.07) is 10.8. The van der Waals surface area contributed by atoms with Gasteiger partial charge < -0.3 is 20.4 Å². The van der Waals surface area contributed by atoms with Crippen LogP contribution in [-0.4, -0.2) is 66.5 Å². The highest BCUT2D eigenvalue weighted by molar-refractivity contribution is 6.01. The summed E-state index contributed by atoms with van der Waals surface area (Å²) in [5, 5.41) is 33.6. The van der Waals surface area contributed by atoms with E-state index in [4.69, 9.17) is 0 Å². The van der Waals surface area contributed by atoms with E-state index < -0.39 is 35.6 Å². The van der Waals surface area contributed by atoms with Gasteiger partial charge >= 0.3 is 5.97 Å². The lowest BCUT2D eigenvalue weighted by molar-refractivity contribution is -0.149. The Labute approximate surface area is 233 Å². The van der Waals surface area contributed by atoms with Crippen LogP contribution in [0.25, 0.3) is 10.8 Å². The second-order valence-electron chi connectivity index (χ2n) is 11.7. The summed E-state index contributed by atoms with van der Waals surface area (Å²) in [6.07, 6.45) is 7.33. The third-order valence-corrected chi connectivity index (χ3v) is 8.30. The lowest BCUT2D eigenvalue weighted by Gasteiger charge is -2.31. The Hall–Kier alpha value is -3.79. The molecule has 2 fully saturated rings. The molecule has 0 radical (unpaired) electrons. The van der Waals surface area contributed by atoms with Crippen LogP contribution >= 0.6 is 0 Å². The molecule has 2 aromatic carbocycles. The number of hydrogen-bond donors (Lipinski definition) is 3. The number of fused-ring (bicyclic) bond motifs is 1. The van der Waals surface area contributed by atoms with E-state index in [-0.39, 0.29) is 24.8 Å². The number of amides is 2. The van der Waals surface area contributed by atoms with Crippen molar-refractivity contribution in [3.05, 3.63) is 59.9 Å². The van der Waals surface area contributed by atoms with E-state index in [0.29, 0.717) is 17.7 Å². The molecule has 1 aliphatic carbocycles. The first-order valence-electron chi connectivity index (χ1n) is 14.1. The number of hydrogen-bond acceptors (Lipinski definition) is 6. The predicted molar refractivity (Wildman–Crippen MR) is 148 cm³/mol. The van der Waals surface area contributed by atoms with E-state index in [2.05, 4.69) is 15.6 Å². The monoisotopic (exact) mass is 547 g/mol. The van der Waals surface area contributed by atoms with Gasteiger partial charge in [-0.2, -0.15) is 0 Å². The summed E-state index contributed by atoms with van der Waals surface area (Å²) < 4.78 is 1.52. The Kier molecular flexibility index (Phi) is 7.89.